The van der Waals surface area contributed by atoms with Crippen LogP contribution in [0.15, 0.2) is 71.6 Å². The smallest absolute Gasteiger partial charge is 0.261 e. The molecule has 4 rings (SSSR count). The Labute approximate surface area is 156 Å². The zero-order chi connectivity index (χ0) is 19.0. The third-order valence-corrected chi connectivity index (χ3v) is 6.01. The quantitative estimate of drug-likeness (QED) is 0.689. The molecule has 0 aromatic heterocycles. The van der Waals surface area contributed by atoms with Gasteiger partial charge in [0.25, 0.3) is 11.8 Å². The lowest BCUT2D eigenvalue weighted by Gasteiger charge is -2.27. The van der Waals surface area contributed by atoms with Gasteiger partial charge < -0.3 is 0 Å². The molecule has 136 valence electrons. The molecule has 1 aliphatic heterocycles. The third-order valence-electron chi connectivity index (χ3n) is 4.54. The van der Waals surface area contributed by atoms with Crippen LogP contribution in [0.2, 0.25) is 0 Å². The number of carbonyl (C=O) groups is 2. The maximum Gasteiger partial charge on any atom is 0.261 e. The summed E-state index contributed by atoms with van der Waals surface area (Å²) in [4.78, 5) is 26.8. The molecule has 0 bridgehead atoms. The van der Waals surface area contributed by atoms with Crippen LogP contribution in [0.4, 0.5) is 0 Å². The van der Waals surface area contributed by atoms with Crippen LogP contribution in [-0.2, 0) is 10.0 Å². The van der Waals surface area contributed by atoms with Gasteiger partial charge in [-0.2, -0.15) is 0 Å². The number of nitrogens with one attached hydrogen (secondary N) is 1. The van der Waals surface area contributed by atoms with E-state index in [0.29, 0.717) is 16.5 Å². The van der Waals surface area contributed by atoms with Crippen LogP contribution in [0, 0.1) is 0 Å². The lowest BCUT2D eigenvalue weighted by atomic mass is 9.94. The van der Waals surface area contributed by atoms with Crippen LogP contribution in [0.5, 0.6) is 0 Å². The predicted octanol–water partition coefficient (Wildman–Crippen LogP) is 2.41. The highest BCUT2D eigenvalue weighted by Crippen LogP contribution is 2.29. The van der Waals surface area contributed by atoms with E-state index in [4.69, 9.17) is 0 Å². The standard InChI is InChI=1S/C20H16N2O4S/c23-19-16-10-4-6-14-7-5-11-17(18(14)16)20(24)22(19)13-12-21-27(25,26)15-8-2-1-3-9-15/h1-11,21H,12-13H2. The summed E-state index contributed by atoms with van der Waals surface area (Å²) in [5.41, 5.74) is 0.905. The van der Waals surface area contributed by atoms with Gasteiger partial charge in [-0.05, 0) is 29.7 Å². The van der Waals surface area contributed by atoms with E-state index in [-0.39, 0.29) is 18.0 Å². The van der Waals surface area contributed by atoms with Crippen LogP contribution in [0.25, 0.3) is 10.8 Å². The maximum absolute atomic E-state index is 12.8. The lowest BCUT2D eigenvalue weighted by molar-refractivity contribution is 0.0614. The molecule has 1 aliphatic rings. The van der Waals surface area contributed by atoms with Crippen molar-refractivity contribution in [3.63, 3.8) is 0 Å². The fourth-order valence-corrected chi connectivity index (χ4v) is 4.30. The first kappa shape index (κ1) is 17.4. The van der Waals surface area contributed by atoms with E-state index in [9.17, 15) is 18.0 Å². The van der Waals surface area contributed by atoms with Crippen molar-refractivity contribution in [3.8, 4) is 0 Å². The zero-order valence-corrected chi connectivity index (χ0v) is 15.1. The van der Waals surface area contributed by atoms with Crippen LogP contribution in [0.3, 0.4) is 0 Å². The Bertz CT molecular complexity index is 1110. The van der Waals surface area contributed by atoms with Crippen LogP contribution < -0.4 is 4.72 Å². The third kappa shape index (κ3) is 3.01. The van der Waals surface area contributed by atoms with Crippen LogP contribution in [-0.4, -0.2) is 38.2 Å². The van der Waals surface area contributed by atoms with Gasteiger partial charge in [0.05, 0.1) is 4.90 Å². The van der Waals surface area contributed by atoms with E-state index in [1.165, 1.54) is 12.1 Å². The Morgan fingerprint density at radius 2 is 1.37 bits per heavy atom. The van der Waals surface area contributed by atoms with Crippen molar-refractivity contribution in [2.75, 3.05) is 13.1 Å². The Kier molecular flexibility index (Phi) is 4.25. The van der Waals surface area contributed by atoms with E-state index in [2.05, 4.69) is 4.72 Å². The molecule has 0 saturated heterocycles. The number of imide groups is 1. The van der Waals surface area contributed by atoms with Crippen molar-refractivity contribution in [2.45, 2.75) is 4.90 Å². The zero-order valence-electron chi connectivity index (χ0n) is 14.3. The Morgan fingerprint density at radius 3 is 1.96 bits per heavy atom. The fourth-order valence-electron chi connectivity index (χ4n) is 3.26. The molecule has 3 aromatic rings. The van der Waals surface area contributed by atoms with Gasteiger partial charge in [-0.1, -0.05) is 42.5 Å². The molecule has 0 unspecified atom stereocenters. The van der Waals surface area contributed by atoms with Crippen molar-refractivity contribution in [1.29, 1.82) is 0 Å². The summed E-state index contributed by atoms with van der Waals surface area (Å²) in [6.07, 6.45) is 0. The Balaban J connectivity index is 1.56. The number of amides is 2. The second kappa shape index (κ2) is 6.61. The van der Waals surface area contributed by atoms with Crippen molar-refractivity contribution < 1.29 is 18.0 Å². The molecule has 0 spiro atoms. The number of sulfonamides is 1. The molecular formula is C20H16N2O4S. The number of nitrogens with zero attached hydrogens (tertiary/aromatic N) is 1. The molecule has 6 nitrogen and oxygen atoms in total. The van der Waals surface area contributed by atoms with Crippen molar-refractivity contribution >= 4 is 32.6 Å². The van der Waals surface area contributed by atoms with Gasteiger partial charge >= 0.3 is 0 Å². The van der Waals surface area contributed by atoms with Crippen molar-refractivity contribution in [1.82, 2.24) is 9.62 Å². The summed E-state index contributed by atoms with van der Waals surface area (Å²) < 4.78 is 27.0. The molecule has 0 saturated carbocycles. The number of rotatable bonds is 5. The van der Waals surface area contributed by atoms with E-state index in [0.717, 1.165) is 10.3 Å². The molecule has 1 heterocycles. The molecule has 0 aliphatic carbocycles. The minimum Gasteiger partial charge on any atom is -0.273 e. The van der Waals surface area contributed by atoms with Crippen LogP contribution >= 0.6 is 0 Å². The molecule has 27 heavy (non-hydrogen) atoms. The monoisotopic (exact) mass is 380 g/mol. The Morgan fingerprint density at radius 1 is 0.778 bits per heavy atom. The topological polar surface area (TPSA) is 83.6 Å². The summed E-state index contributed by atoms with van der Waals surface area (Å²) in [7, 11) is -3.70. The highest BCUT2D eigenvalue weighted by molar-refractivity contribution is 7.89. The van der Waals surface area contributed by atoms with Gasteiger partial charge in [-0.3, -0.25) is 14.5 Å². The predicted molar refractivity (Wildman–Crippen MR) is 101 cm³/mol. The molecule has 3 aromatic carbocycles. The first-order valence-electron chi connectivity index (χ1n) is 8.42. The van der Waals surface area contributed by atoms with E-state index < -0.39 is 21.8 Å². The average molecular weight is 380 g/mol. The molecule has 0 atom stereocenters. The summed E-state index contributed by atoms with van der Waals surface area (Å²) in [5, 5.41) is 1.48. The molecule has 0 fully saturated rings. The Hall–Kier alpha value is -3.03. The molecule has 0 radical (unpaired) electrons. The maximum atomic E-state index is 12.8. The number of carbonyl (C=O) groups excluding carboxylic acids is 2. The SMILES string of the molecule is O=C1c2cccc3cccc(c23)C(=O)N1CCNS(=O)(=O)c1ccccc1. The number of hydrogen-bond donors (Lipinski definition) is 1. The van der Waals surface area contributed by atoms with E-state index in [1.54, 1.807) is 42.5 Å². The van der Waals surface area contributed by atoms with Gasteiger partial charge in [0.15, 0.2) is 0 Å². The highest BCUT2D eigenvalue weighted by Gasteiger charge is 2.32. The van der Waals surface area contributed by atoms with Gasteiger partial charge in [-0.15, -0.1) is 0 Å². The van der Waals surface area contributed by atoms with Gasteiger partial charge in [-0.25, -0.2) is 13.1 Å². The fraction of sp³-hybridized carbons (Fsp3) is 0.100. The summed E-state index contributed by atoms with van der Waals surface area (Å²) in [5.74, 6) is -0.827. The van der Waals surface area contributed by atoms with E-state index >= 15 is 0 Å². The van der Waals surface area contributed by atoms with Gasteiger partial charge in [0.1, 0.15) is 0 Å². The lowest BCUT2D eigenvalue weighted by Crippen LogP contribution is -2.44. The minimum absolute atomic E-state index is 0.0472. The minimum atomic E-state index is -3.70. The average Bonchev–Trinajstić information content (AvgIpc) is 2.69. The number of hydrogen-bond acceptors (Lipinski definition) is 4. The first-order valence-corrected chi connectivity index (χ1v) is 9.90. The van der Waals surface area contributed by atoms with E-state index in [1.807, 2.05) is 12.1 Å². The number of benzene rings is 3. The largest absolute Gasteiger partial charge is 0.273 e. The molecule has 1 N–H and O–H groups in total. The van der Waals surface area contributed by atoms with Gasteiger partial charge in [0, 0.05) is 29.6 Å². The molecular weight excluding hydrogens is 364 g/mol. The van der Waals surface area contributed by atoms with Crippen molar-refractivity contribution in [2.24, 2.45) is 0 Å². The van der Waals surface area contributed by atoms with Crippen molar-refractivity contribution in [3.05, 3.63) is 77.9 Å². The molecule has 7 heteroatoms. The normalized spacial score (nSPS) is 14.0. The van der Waals surface area contributed by atoms with Gasteiger partial charge in [0.2, 0.25) is 10.0 Å². The van der Waals surface area contributed by atoms with Crippen LogP contribution in [0.1, 0.15) is 20.7 Å². The molecule has 2 amide bonds. The summed E-state index contributed by atoms with van der Waals surface area (Å²) in [6, 6.07) is 18.6. The highest BCUT2D eigenvalue weighted by atomic mass is 32.2. The second-order valence-corrected chi connectivity index (χ2v) is 7.95. The first-order chi connectivity index (χ1) is 13.0. The summed E-state index contributed by atoms with van der Waals surface area (Å²) in [6.45, 7) is -0.110. The second-order valence-electron chi connectivity index (χ2n) is 6.18. The summed E-state index contributed by atoms with van der Waals surface area (Å²) >= 11 is 0.